The van der Waals surface area contributed by atoms with Gasteiger partial charge in [0, 0.05) is 17.8 Å². The van der Waals surface area contributed by atoms with E-state index in [1.165, 1.54) is 12.5 Å². The van der Waals surface area contributed by atoms with Gasteiger partial charge in [0.2, 0.25) is 0 Å². The van der Waals surface area contributed by atoms with Gasteiger partial charge in [0.15, 0.2) is 12.0 Å². The first-order chi connectivity index (χ1) is 9.24. The van der Waals surface area contributed by atoms with E-state index < -0.39 is 4.92 Å². The highest BCUT2D eigenvalue weighted by Crippen LogP contribution is 2.28. The third-order valence-corrected chi connectivity index (χ3v) is 2.71. The van der Waals surface area contributed by atoms with Gasteiger partial charge in [-0.2, -0.15) is 0 Å². The number of aromatic nitrogens is 1. The summed E-state index contributed by atoms with van der Waals surface area (Å²) in [7, 11) is 0. The molecular formula is C13H9N3O3. The van der Waals surface area contributed by atoms with Gasteiger partial charge in [0.25, 0.3) is 5.69 Å². The van der Waals surface area contributed by atoms with Crippen molar-refractivity contribution in [3.05, 3.63) is 59.0 Å². The van der Waals surface area contributed by atoms with Gasteiger partial charge in [0.05, 0.1) is 4.92 Å². The largest absolute Gasteiger partial charge is 0.443 e. The smallest absolute Gasteiger partial charge is 0.292 e. The highest BCUT2D eigenvalue weighted by atomic mass is 16.6. The molecular weight excluding hydrogens is 246 g/mol. The molecule has 0 amide bonds. The molecule has 94 valence electrons. The molecule has 0 aliphatic heterocycles. The van der Waals surface area contributed by atoms with E-state index >= 15 is 0 Å². The lowest BCUT2D eigenvalue weighted by Gasteiger charge is -2.06. The van der Waals surface area contributed by atoms with Crippen molar-refractivity contribution < 1.29 is 9.34 Å². The van der Waals surface area contributed by atoms with Crippen LogP contribution in [0.25, 0.3) is 11.1 Å². The normalized spacial score (nSPS) is 10.5. The SMILES string of the molecule is O=[N+]([O-])c1ccccc1Nc1ccc2ncoc2c1. The zero-order valence-corrected chi connectivity index (χ0v) is 9.74. The zero-order valence-electron chi connectivity index (χ0n) is 9.74. The molecule has 6 heteroatoms. The Morgan fingerprint density at radius 3 is 2.89 bits per heavy atom. The molecule has 1 aromatic heterocycles. The third kappa shape index (κ3) is 2.11. The number of nitrogens with one attached hydrogen (secondary N) is 1. The predicted octanol–water partition coefficient (Wildman–Crippen LogP) is 3.48. The highest BCUT2D eigenvalue weighted by Gasteiger charge is 2.12. The van der Waals surface area contributed by atoms with E-state index in [4.69, 9.17) is 4.42 Å². The van der Waals surface area contributed by atoms with Crippen LogP contribution in [-0.4, -0.2) is 9.91 Å². The fourth-order valence-electron chi connectivity index (χ4n) is 1.83. The van der Waals surface area contributed by atoms with E-state index in [1.54, 1.807) is 36.4 Å². The summed E-state index contributed by atoms with van der Waals surface area (Å²) in [5.41, 5.74) is 2.54. The van der Waals surface area contributed by atoms with Crippen molar-refractivity contribution in [3.8, 4) is 0 Å². The van der Waals surface area contributed by atoms with E-state index in [1.807, 2.05) is 0 Å². The topological polar surface area (TPSA) is 81.2 Å². The van der Waals surface area contributed by atoms with Crippen LogP contribution in [0.2, 0.25) is 0 Å². The minimum Gasteiger partial charge on any atom is -0.443 e. The molecule has 0 saturated carbocycles. The van der Waals surface area contributed by atoms with E-state index in [9.17, 15) is 10.1 Å². The second kappa shape index (κ2) is 4.41. The Balaban J connectivity index is 1.98. The number of nitro groups is 1. The van der Waals surface area contributed by atoms with Crippen LogP contribution in [-0.2, 0) is 0 Å². The second-order valence-corrected chi connectivity index (χ2v) is 3.93. The van der Waals surface area contributed by atoms with Crippen LogP contribution in [0, 0.1) is 10.1 Å². The van der Waals surface area contributed by atoms with E-state index in [0.717, 1.165) is 5.52 Å². The molecule has 3 rings (SSSR count). The number of benzene rings is 2. The lowest BCUT2D eigenvalue weighted by molar-refractivity contribution is -0.383. The van der Waals surface area contributed by atoms with Crippen LogP contribution < -0.4 is 5.32 Å². The number of nitrogens with zero attached hydrogens (tertiary/aromatic N) is 2. The summed E-state index contributed by atoms with van der Waals surface area (Å²) in [6.45, 7) is 0. The lowest BCUT2D eigenvalue weighted by atomic mass is 10.2. The average Bonchev–Trinajstić information content (AvgIpc) is 2.86. The molecule has 0 spiro atoms. The number of oxazole rings is 1. The van der Waals surface area contributed by atoms with Crippen molar-refractivity contribution >= 4 is 28.2 Å². The number of rotatable bonds is 3. The minimum absolute atomic E-state index is 0.0279. The number of anilines is 2. The molecule has 6 nitrogen and oxygen atoms in total. The Morgan fingerprint density at radius 1 is 1.21 bits per heavy atom. The van der Waals surface area contributed by atoms with Crippen molar-refractivity contribution in [3.63, 3.8) is 0 Å². The second-order valence-electron chi connectivity index (χ2n) is 3.93. The van der Waals surface area contributed by atoms with Gasteiger partial charge in [-0.3, -0.25) is 10.1 Å². The number of nitro benzene ring substituents is 1. The molecule has 19 heavy (non-hydrogen) atoms. The number of hydrogen-bond donors (Lipinski definition) is 1. The minimum atomic E-state index is -0.421. The standard InChI is InChI=1S/C13H9N3O3/c17-16(18)12-4-2-1-3-10(12)15-9-5-6-11-13(7-9)19-8-14-11/h1-8,15H. The number of fused-ring (bicyclic) bond motifs is 1. The molecule has 1 heterocycles. The van der Waals surface area contributed by atoms with Gasteiger partial charge in [-0.05, 0) is 18.2 Å². The van der Waals surface area contributed by atoms with Gasteiger partial charge < -0.3 is 9.73 Å². The molecule has 0 bridgehead atoms. The van der Waals surface area contributed by atoms with Gasteiger partial charge in [-0.15, -0.1) is 0 Å². The van der Waals surface area contributed by atoms with Crippen molar-refractivity contribution in [2.24, 2.45) is 0 Å². The van der Waals surface area contributed by atoms with E-state index in [2.05, 4.69) is 10.3 Å². The van der Waals surface area contributed by atoms with Crippen LogP contribution in [0.1, 0.15) is 0 Å². The quantitative estimate of drug-likeness (QED) is 0.572. The first kappa shape index (κ1) is 11.2. The Morgan fingerprint density at radius 2 is 2.05 bits per heavy atom. The lowest BCUT2D eigenvalue weighted by Crippen LogP contribution is -1.96. The monoisotopic (exact) mass is 255 g/mol. The van der Waals surface area contributed by atoms with Gasteiger partial charge in [-0.1, -0.05) is 12.1 Å². The maximum Gasteiger partial charge on any atom is 0.292 e. The maximum atomic E-state index is 10.9. The van der Waals surface area contributed by atoms with Crippen LogP contribution in [0.5, 0.6) is 0 Å². The third-order valence-electron chi connectivity index (χ3n) is 2.71. The fraction of sp³-hybridized carbons (Fsp3) is 0. The summed E-state index contributed by atoms with van der Waals surface area (Å²) in [5.74, 6) is 0. The molecule has 3 aromatic rings. The van der Waals surface area contributed by atoms with Crippen LogP contribution >= 0.6 is 0 Å². The van der Waals surface area contributed by atoms with Gasteiger partial charge in [0.1, 0.15) is 11.2 Å². The molecule has 0 aliphatic rings. The first-order valence-electron chi connectivity index (χ1n) is 5.58. The number of hydrogen-bond acceptors (Lipinski definition) is 5. The summed E-state index contributed by atoms with van der Waals surface area (Å²) < 4.78 is 5.19. The molecule has 0 atom stereocenters. The van der Waals surface area contributed by atoms with E-state index in [0.29, 0.717) is 17.0 Å². The molecule has 0 aliphatic carbocycles. The average molecular weight is 255 g/mol. The molecule has 1 N–H and O–H groups in total. The fourth-order valence-corrected chi connectivity index (χ4v) is 1.83. The van der Waals surface area contributed by atoms with Crippen LogP contribution in [0.15, 0.2) is 53.3 Å². The summed E-state index contributed by atoms with van der Waals surface area (Å²) in [6.07, 6.45) is 1.36. The van der Waals surface area contributed by atoms with Crippen molar-refractivity contribution in [1.82, 2.24) is 4.98 Å². The van der Waals surface area contributed by atoms with Crippen molar-refractivity contribution in [2.45, 2.75) is 0 Å². The maximum absolute atomic E-state index is 10.9. The van der Waals surface area contributed by atoms with Crippen molar-refractivity contribution in [1.29, 1.82) is 0 Å². The predicted molar refractivity (Wildman–Crippen MR) is 70.4 cm³/mol. The van der Waals surface area contributed by atoms with Crippen LogP contribution in [0.4, 0.5) is 17.1 Å². The summed E-state index contributed by atoms with van der Waals surface area (Å²) in [5, 5.41) is 13.9. The number of para-hydroxylation sites is 2. The van der Waals surface area contributed by atoms with Gasteiger partial charge >= 0.3 is 0 Å². The first-order valence-corrected chi connectivity index (χ1v) is 5.58. The van der Waals surface area contributed by atoms with Crippen LogP contribution in [0.3, 0.4) is 0 Å². The zero-order chi connectivity index (χ0) is 13.2. The molecule has 0 fully saturated rings. The Hall–Kier alpha value is -2.89. The Kier molecular flexibility index (Phi) is 2.60. The molecule has 0 unspecified atom stereocenters. The van der Waals surface area contributed by atoms with E-state index in [-0.39, 0.29) is 5.69 Å². The summed E-state index contributed by atoms with van der Waals surface area (Å²) >= 11 is 0. The Labute approximate surface area is 107 Å². The molecule has 0 saturated heterocycles. The Bertz CT molecular complexity index is 751. The summed E-state index contributed by atoms with van der Waals surface area (Å²) in [4.78, 5) is 14.5. The summed E-state index contributed by atoms with van der Waals surface area (Å²) in [6, 6.07) is 11.8. The molecule has 0 radical (unpaired) electrons. The highest BCUT2D eigenvalue weighted by molar-refractivity contribution is 5.79. The van der Waals surface area contributed by atoms with Crippen molar-refractivity contribution in [2.75, 3.05) is 5.32 Å². The van der Waals surface area contributed by atoms with Gasteiger partial charge in [-0.25, -0.2) is 4.98 Å². The molecule has 2 aromatic carbocycles.